The van der Waals surface area contributed by atoms with Crippen LogP contribution < -0.4 is 10.5 Å². The fraction of sp³-hybridized carbons (Fsp3) is 0.281. The van der Waals surface area contributed by atoms with E-state index in [0.717, 1.165) is 16.7 Å². The molecule has 1 saturated carbocycles. The summed E-state index contributed by atoms with van der Waals surface area (Å²) >= 11 is 0. The Morgan fingerprint density at radius 3 is 2.07 bits per heavy atom. The fourth-order valence-electron chi connectivity index (χ4n) is 5.37. The van der Waals surface area contributed by atoms with Gasteiger partial charge in [0.2, 0.25) is 11.8 Å². The van der Waals surface area contributed by atoms with Gasteiger partial charge in [-0.3, -0.25) is 0 Å². The Morgan fingerprint density at radius 2 is 1.41 bits per heavy atom. The predicted molar refractivity (Wildman–Crippen MR) is 155 cm³/mol. The maximum atomic E-state index is 11.6. The normalized spacial score (nSPS) is 20.4. The van der Waals surface area contributed by atoms with Crippen molar-refractivity contribution in [2.75, 3.05) is 12.3 Å². The highest BCUT2D eigenvalue weighted by atomic mass is 16.5. The second-order valence-electron chi connectivity index (χ2n) is 10.3. The number of fused-ring (bicyclic) bond motifs is 1. The number of nitrogens with zero attached hydrogens (tertiary/aromatic N) is 4. The minimum absolute atomic E-state index is 0.0782. The summed E-state index contributed by atoms with van der Waals surface area (Å²) in [4.78, 5) is 13.3. The molecule has 9 nitrogen and oxygen atoms in total. The minimum atomic E-state index is -0.756. The van der Waals surface area contributed by atoms with Crippen molar-refractivity contribution in [3.05, 3.63) is 114 Å². The van der Waals surface area contributed by atoms with Crippen LogP contribution in [0.1, 0.15) is 29.2 Å². The van der Waals surface area contributed by atoms with E-state index in [9.17, 15) is 5.11 Å². The van der Waals surface area contributed by atoms with Crippen LogP contribution in [0, 0.1) is 5.92 Å². The van der Waals surface area contributed by atoms with Gasteiger partial charge in [-0.2, -0.15) is 9.97 Å². The molecule has 0 radical (unpaired) electrons. The van der Waals surface area contributed by atoms with Crippen molar-refractivity contribution in [3.8, 4) is 5.88 Å². The summed E-state index contributed by atoms with van der Waals surface area (Å²) in [6.45, 7) is 1.57. The molecule has 3 N–H and O–H groups in total. The van der Waals surface area contributed by atoms with E-state index in [1.165, 1.54) is 0 Å². The number of aliphatic hydroxyl groups is 1. The lowest BCUT2D eigenvalue weighted by Gasteiger charge is -2.23. The Morgan fingerprint density at radius 1 is 0.805 bits per heavy atom. The van der Waals surface area contributed by atoms with Gasteiger partial charge in [-0.05, 0) is 23.1 Å². The summed E-state index contributed by atoms with van der Waals surface area (Å²) in [5, 5.41) is 11.6. The van der Waals surface area contributed by atoms with E-state index in [1.807, 2.05) is 95.6 Å². The van der Waals surface area contributed by atoms with Crippen LogP contribution in [0.25, 0.3) is 11.2 Å². The third-order valence-electron chi connectivity index (χ3n) is 7.50. The van der Waals surface area contributed by atoms with E-state index in [0.29, 0.717) is 49.9 Å². The third kappa shape index (κ3) is 6.22. The molecule has 3 aromatic carbocycles. The molecule has 210 valence electrons. The topological polar surface area (TPSA) is 118 Å². The second kappa shape index (κ2) is 12.5. The molecule has 0 bridgehead atoms. The average Bonchev–Trinajstić information content (AvgIpc) is 3.56. The van der Waals surface area contributed by atoms with Crippen molar-refractivity contribution >= 4 is 17.1 Å². The molecule has 4 atom stereocenters. The SMILES string of the molecule is Nc1nc(OCc2ccccc2)c2ncn([C@@H]3C[C@H](OCc4ccccc4)[C@H](COCc4ccccc4)[C@@H]3O)c2n1. The molecular formula is C32H33N5O4. The highest BCUT2D eigenvalue weighted by molar-refractivity contribution is 5.77. The van der Waals surface area contributed by atoms with Crippen LogP contribution in [0.3, 0.4) is 0 Å². The van der Waals surface area contributed by atoms with Gasteiger partial charge in [0, 0.05) is 5.92 Å². The Balaban J connectivity index is 1.23. The molecule has 2 aromatic heterocycles. The van der Waals surface area contributed by atoms with Gasteiger partial charge < -0.3 is 29.6 Å². The van der Waals surface area contributed by atoms with E-state index in [2.05, 4.69) is 15.0 Å². The smallest absolute Gasteiger partial charge is 0.247 e. The number of aromatic nitrogens is 4. The maximum Gasteiger partial charge on any atom is 0.247 e. The van der Waals surface area contributed by atoms with Gasteiger partial charge in [0.15, 0.2) is 11.2 Å². The predicted octanol–water partition coefficient (Wildman–Crippen LogP) is 4.71. The van der Waals surface area contributed by atoms with Crippen LogP contribution in [0.15, 0.2) is 97.3 Å². The zero-order valence-electron chi connectivity index (χ0n) is 22.6. The number of nitrogen functional groups attached to an aromatic ring is 1. The Bertz CT molecular complexity index is 1550. The molecule has 0 unspecified atom stereocenters. The number of anilines is 1. The number of ether oxygens (including phenoxy) is 3. The first kappa shape index (κ1) is 26.9. The van der Waals surface area contributed by atoms with Gasteiger partial charge in [0.25, 0.3) is 0 Å². The fourth-order valence-corrected chi connectivity index (χ4v) is 5.37. The Labute approximate surface area is 238 Å². The number of nitrogens with two attached hydrogens (primary N) is 1. The van der Waals surface area contributed by atoms with Crippen LogP contribution in [0.2, 0.25) is 0 Å². The minimum Gasteiger partial charge on any atom is -0.471 e. The first-order valence-electron chi connectivity index (χ1n) is 13.8. The molecular weight excluding hydrogens is 518 g/mol. The van der Waals surface area contributed by atoms with Crippen LogP contribution in [-0.4, -0.2) is 43.4 Å². The second-order valence-corrected chi connectivity index (χ2v) is 10.3. The van der Waals surface area contributed by atoms with E-state index in [1.54, 1.807) is 6.33 Å². The first-order valence-corrected chi connectivity index (χ1v) is 13.8. The number of benzene rings is 3. The molecule has 0 spiro atoms. The molecule has 6 rings (SSSR count). The van der Waals surface area contributed by atoms with Gasteiger partial charge in [-0.15, -0.1) is 0 Å². The summed E-state index contributed by atoms with van der Waals surface area (Å²) in [6.07, 6.45) is 1.23. The molecule has 1 fully saturated rings. The number of hydrogen-bond acceptors (Lipinski definition) is 8. The zero-order valence-corrected chi connectivity index (χ0v) is 22.6. The average molecular weight is 552 g/mol. The monoisotopic (exact) mass is 551 g/mol. The largest absolute Gasteiger partial charge is 0.471 e. The number of imidazole rings is 1. The maximum absolute atomic E-state index is 11.6. The first-order chi connectivity index (χ1) is 20.2. The molecule has 0 amide bonds. The standard InChI is InChI=1S/C32H33N5O4/c33-32-35-30-28(31(36-32)41-19-24-14-8-3-9-15-24)34-21-37(30)26-16-27(40-18-23-12-6-2-7-13-23)25(29(26)38)20-39-17-22-10-4-1-5-11-22/h1-15,21,25-27,29,38H,16-20H2,(H2,33,35,36)/t25-,26+,27-,29-/m0/s1. The van der Waals surface area contributed by atoms with Crippen LogP contribution in [0.4, 0.5) is 5.95 Å². The Kier molecular flexibility index (Phi) is 8.18. The van der Waals surface area contributed by atoms with Gasteiger partial charge >= 0.3 is 0 Å². The van der Waals surface area contributed by atoms with Crippen LogP contribution in [0.5, 0.6) is 5.88 Å². The molecule has 2 heterocycles. The molecule has 9 heteroatoms. The van der Waals surface area contributed by atoms with Gasteiger partial charge in [-0.25, -0.2) is 4.98 Å². The quantitative estimate of drug-likeness (QED) is 0.242. The summed E-state index contributed by atoms with van der Waals surface area (Å²) in [6, 6.07) is 29.5. The molecule has 1 aliphatic carbocycles. The number of aliphatic hydroxyl groups excluding tert-OH is 1. The lowest BCUT2D eigenvalue weighted by atomic mass is 10.0. The van der Waals surface area contributed by atoms with Gasteiger partial charge in [0.05, 0.1) is 44.4 Å². The van der Waals surface area contributed by atoms with Crippen LogP contribution in [-0.2, 0) is 29.3 Å². The lowest BCUT2D eigenvalue weighted by molar-refractivity contribution is -0.0475. The summed E-state index contributed by atoms with van der Waals surface area (Å²) in [7, 11) is 0. The summed E-state index contributed by atoms with van der Waals surface area (Å²) in [5.41, 5.74) is 10.2. The van der Waals surface area contributed by atoms with Gasteiger partial charge in [0.1, 0.15) is 6.61 Å². The third-order valence-corrected chi connectivity index (χ3v) is 7.50. The van der Waals surface area contributed by atoms with Crippen molar-refractivity contribution < 1.29 is 19.3 Å². The van der Waals surface area contributed by atoms with E-state index < -0.39 is 6.10 Å². The van der Waals surface area contributed by atoms with Crippen molar-refractivity contribution in [2.24, 2.45) is 5.92 Å². The van der Waals surface area contributed by atoms with Crippen molar-refractivity contribution in [3.63, 3.8) is 0 Å². The summed E-state index contributed by atoms with van der Waals surface area (Å²) < 4.78 is 20.3. The highest BCUT2D eigenvalue weighted by Crippen LogP contribution is 2.40. The van der Waals surface area contributed by atoms with Crippen molar-refractivity contribution in [1.29, 1.82) is 0 Å². The number of hydrogen-bond donors (Lipinski definition) is 2. The van der Waals surface area contributed by atoms with E-state index in [4.69, 9.17) is 19.9 Å². The van der Waals surface area contributed by atoms with Crippen molar-refractivity contribution in [2.45, 2.75) is 44.5 Å². The lowest BCUT2D eigenvalue weighted by Crippen LogP contribution is -2.31. The van der Waals surface area contributed by atoms with E-state index >= 15 is 0 Å². The molecule has 0 aliphatic heterocycles. The highest BCUT2D eigenvalue weighted by Gasteiger charge is 2.45. The molecule has 0 saturated heterocycles. The van der Waals surface area contributed by atoms with E-state index in [-0.39, 0.29) is 24.0 Å². The molecule has 5 aromatic rings. The van der Waals surface area contributed by atoms with Gasteiger partial charge in [-0.1, -0.05) is 91.0 Å². The van der Waals surface area contributed by atoms with Crippen LogP contribution >= 0.6 is 0 Å². The number of rotatable bonds is 11. The summed E-state index contributed by atoms with van der Waals surface area (Å²) in [5.74, 6) is 0.134. The Hall–Kier alpha value is -4.31. The van der Waals surface area contributed by atoms with Crippen molar-refractivity contribution in [1.82, 2.24) is 19.5 Å². The molecule has 1 aliphatic rings. The zero-order chi connectivity index (χ0) is 28.0. The molecule has 41 heavy (non-hydrogen) atoms.